The number of hydrogen-bond donors (Lipinski definition) is 0. The Balaban J connectivity index is 1.68. The molecule has 4 heterocycles. The molecule has 0 N–H and O–H groups in total. The number of fused-ring (bicyclic) bond motifs is 1. The van der Waals surface area contributed by atoms with Crippen LogP contribution in [-0.4, -0.2) is 48.8 Å². The van der Waals surface area contributed by atoms with Gasteiger partial charge in [-0.2, -0.15) is 0 Å². The van der Waals surface area contributed by atoms with E-state index in [0.29, 0.717) is 11.7 Å². The molecule has 0 aromatic carbocycles. The van der Waals surface area contributed by atoms with E-state index in [0.717, 1.165) is 30.1 Å². The molecule has 8 heteroatoms. The topological polar surface area (TPSA) is 60.5 Å². The van der Waals surface area contributed by atoms with E-state index in [1.54, 1.807) is 13.4 Å². The predicted octanol–water partition coefficient (Wildman–Crippen LogP) is 2.08. The molecule has 4 rings (SSSR count). The summed E-state index contributed by atoms with van der Waals surface area (Å²) in [5.41, 5.74) is 1.84. The first-order chi connectivity index (χ1) is 11.7. The lowest BCUT2D eigenvalue weighted by atomic mass is 10.2. The maximum Gasteiger partial charge on any atom is 0.152 e. The SMILES string of the molecule is CO[C@@H]1C[C@@H](c2nncn2C)N(Cc2c(Cl)nc3ccccn23)C1. The highest BCUT2D eigenvalue weighted by Crippen LogP contribution is 2.34. The average Bonchev–Trinajstić information content (AvgIpc) is 3.26. The van der Waals surface area contributed by atoms with Crippen LogP contribution in [0.25, 0.3) is 5.65 Å². The first-order valence-electron chi connectivity index (χ1n) is 7.89. The monoisotopic (exact) mass is 346 g/mol. The molecule has 2 atom stereocenters. The predicted molar refractivity (Wildman–Crippen MR) is 89.8 cm³/mol. The molecule has 7 nitrogen and oxygen atoms in total. The lowest BCUT2D eigenvalue weighted by molar-refractivity contribution is 0.107. The summed E-state index contributed by atoms with van der Waals surface area (Å²) in [6.45, 7) is 1.51. The number of rotatable bonds is 4. The molecule has 1 fully saturated rings. The van der Waals surface area contributed by atoms with Crippen molar-refractivity contribution in [1.29, 1.82) is 0 Å². The van der Waals surface area contributed by atoms with Crippen molar-refractivity contribution in [1.82, 2.24) is 29.0 Å². The van der Waals surface area contributed by atoms with E-state index in [9.17, 15) is 0 Å². The number of hydrogen-bond acceptors (Lipinski definition) is 5. The molecule has 0 bridgehead atoms. The Hall–Kier alpha value is -1.96. The molecule has 0 unspecified atom stereocenters. The highest BCUT2D eigenvalue weighted by atomic mass is 35.5. The lowest BCUT2D eigenvalue weighted by Crippen LogP contribution is -2.27. The van der Waals surface area contributed by atoms with Crippen LogP contribution in [0.15, 0.2) is 30.7 Å². The second-order valence-electron chi connectivity index (χ2n) is 6.12. The molecule has 1 saturated heterocycles. The molecular formula is C16H19ClN6O. The first-order valence-corrected chi connectivity index (χ1v) is 8.27. The van der Waals surface area contributed by atoms with Crippen molar-refractivity contribution in [2.45, 2.75) is 25.1 Å². The van der Waals surface area contributed by atoms with Crippen molar-refractivity contribution in [2.24, 2.45) is 7.05 Å². The molecule has 3 aromatic heterocycles. The standard InChI is InChI=1S/C16H19ClN6O/c1-21-10-18-20-16(21)12-7-11(24-2)8-22(12)9-13-15(17)19-14-5-3-4-6-23(13)14/h3-6,10-12H,7-9H2,1-2H3/t11-,12+/m1/s1. The second-order valence-corrected chi connectivity index (χ2v) is 6.47. The van der Waals surface area contributed by atoms with Gasteiger partial charge >= 0.3 is 0 Å². The number of aryl methyl sites for hydroxylation is 1. The van der Waals surface area contributed by atoms with Crippen molar-refractivity contribution in [3.05, 3.63) is 47.4 Å². The van der Waals surface area contributed by atoms with Crippen LogP contribution in [0.3, 0.4) is 0 Å². The van der Waals surface area contributed by atoms with Gasteiger partial charge in [0.25, 0.3) is 0 Å². The van der Waals surface area contributed by atoms with Gasteiger partial charge in [-0.3, -0.25) is 4.90 Å². The summed E-state index contributed by atoms with van der Waals surface area (Å²) in [6, 6.07) is 6.04. The van der Waals surface area contributed by atoms with E-state index >= 15 is 0 Å². The average molecular weight is 347 g/mol. The summed E-state index contributed by atoms with van der Waals surface area (Å²) in [6.07, 6.45) is 4.78. The van der Waals surface area contributed by atoms with Gasteiger partial charge in [0, 0.05) is 33.4 Å². The zero-order valence-electron chi connectivity index (χ0n) is 13.6. The van der Waals surface area contributed by atoms with E-state index in [4.69, 9.17) is 16.3 Å². The third kappa shape index (κ3) is 2.58. The Morgan fingerprint density at radius 2 is 2.25 bits per heavy atom. The van der Waals surface area contributed by atoms with Crippen LogP contribution >= 0.6 is 11.6 Å². The van der Waals surface area contributed by atoms with Crippen LogP contribution in [-0.2, 0) is 18.3 Å². The van der Waals surface area contributed by atoms with Gasteiger partial charge in [0.1, 0.15) is 17.8 Å². The van der Waals surface area contributed by atoms with Crippen molar-refractivity contribution in [3.8, 4) is 0 Å². The number of methoxy groups -OCH3 is 1. The molecule has 0 radical (unpaired) electrons. The van der Waals surface area contributed by atoms with Gasteiger partial charge in [-0.15, -0.1) is 10.2 Å². The Morgan fingerprint density at radius 1 is 1.38 bits per heavy atom. The zero-order valence-corrected chi connectivity index (χ0v) is 14.4. The minimum Gasteiger partial charge on any atom is -0.380 e. The highest BCUT2D eigenvalue weighted by molar-refractivity contribution is 6.30. The van der Waals surface area contributed by atoms with Gasteiger partial charge in [-0.05, 0) is 18.6 Å². The number of pyridine rings is 1. The summed E-state index contributed by atoms with van der Waals surface area (Å²) < 4.78 is 9.59. The third-order valence-corrected chi connectivity index (χ3v) is 4.98. The fourth-order valence-corrected chi connectivity index (χ4v) is 3.66. The molecular weight excluding hydrogens is 328 g/mol. The van der Waals surface area contributed by atoms with E-state index in [-0.39, 0.29) is 12.1 Å². The van der Waals surface area contributed by atoms with Crippen molar-refractivity contribution >= 4 is 17.2 Å². The maximum absolute atomic E-state index is 6.40. The van der Waals surface area contributed by atoms with E-state index in [1.807, 2.05) is 40.4 Å². The van der Waals surface area contributed by atoms with Gasteiger partial charge in [0.05, 0.1) is 17.8 Å². The van der Waals surface area contributed by atoms with Gasteiger partial charge < -0.3 is 13.7 Å². The zero-order chi connectivity index (χ0) is 16.7. The Kier molecular flexibility index (Phi) is 3.99. The van der Waals surface area contributed by atoms with Crippen LogP contribution in [0.2, 0.25) is 5.15 Å². The van der Waals surface area contributed by atoms with E-state index in [2.05, 4.69) is 20.1 Å². The Labute approximate surface area is 144 Å². The smallest absolute Gasteiger partial charge is 0.152 e. The quantitative estimate of drug-likeness (QED) is 0.724. The Morgan fingerprint density at radius 3 is 3.00 bits per heavy atom. The molecule has 0 saturated carbocycles. The van der Waals surface area contributed by atoms with Crippen molar-refractivity contribution in [3.63, 3.8) is 0 Å². The van der Waals surface area contributed by atoms with Crippen LogP contribution in [0.5, 0.6) is 0 Å². The van der Waals surface area contributed by atoms with Crippen LogP contribution in [0.1, 0.15) is 24.0 Å². The maximum atomic E-state index is 6.40. The third-order valence-electron chi connectivity index (χ3n) is 4.68. The van der Waals surface area contributed by atoms with Gasteiger partial charge in [-0.25, -0.2) is 4.98 Å². The molecule has 24 heavy (non-hydrogen) atoms. The molecule has 3 aromatic rings. The van der Waals surface area contributed by atoms with Gasteiger partial charge in [0.2, 0.25) is 0 Å². The molecule has 0 aliphatic carbocycles. The number of halogens is 1. The Bertz CT molecular complexity index is 859. The summed E-state index contributed by atoms with van der Waals surface area (Å²) in [7, 11) is 3.72. The fourth-order valence-electron chi connectivity index (χ4n) is 3.42. The molecule has 126 valence electrons. The highest BCUT2D eigenvalue weighted by Gasteiger charge is 2.36. The number of aromatic nitrogens is 5. The van der Waals surface area contributed by atoms with Gasteiger partial charge in [-0.1, -0.05) is 17.7 Å². The van der Waals surface area contributed by atoms with Crippen LogP contribution in [0, 0.1) is 0 Å². The number of nitrogens with zero attached hydrogens (tertiary/aromatic N) is 6. The number of likely N-dealkylation sites (tertiary alicyclic amines) is 1. The largest absolute Gasteiger partial charge is 0.380 e. The molecule has 0 amide bonds. The molecule has 1 aliphatic rings. The van der Waals surface area contributed by atoms with E-state index in [1.165, 1.54) is 0 Å². The summed E-state index contributed by atoms with van der Waals surface area (Å²) in [4.78, 5) is 6.77. The minimum atomic E-state index is 0.146. The van der Waals surface area contributed by atoms with Crippen LogP contribution in [0.4, 0.5) is 0 Å². The fraction of sp³-hybridized carbons (Fsp3) is 0.438. The van der Waals surface area contributed by atoms with E-state index < -0.39 is 0 Å². The summed E-state index contributed by atoms with van der Waals surface area (Å²) in [5, 5.41) is 8.85. The first kappa shape index (κ1) is 15.6. The number of imidazole rings is 1. The second kappa shape index (κ2) is 6.16. The lowest BCUT2D eigenvalue weighted by Gasteiger charge is -2.23. The molecule has 1 aliphatic heterocycles. The van der Waals surface area contributed by atoms with Gasteiger partial charge in [0.15, 0.2) is 5.15 Å². The van der Waals surface area contributed by atoms with Crippen LogP contribution < -0.4 is 0 Å². The molecule has 0 spiro atoms. The van der Waals surface area contributed by atoms with Crippen molar-refractivity contribution < 1.29 is 4.74 Å². The summed E-state index contributed by atoms with van der Waals surface area (Å²) in [5.74, 6) is 0.944. The number of ether oxygens (including phenoxy) is 1. The summed E-state index contributed by atoms with van der Waals surface area (Å²) >= 11 is 6.40. The van der Waals surface area contributed by atoms with Crippen molar-refractivity contribution in [2.75, 3.05) is 13.7 Å². The normalized spacial score (nSPS) is 21.8. The minimum absolute atomic E-state index is 0.146.